The molecule has 2 unspecified atom stereocenters. The summed E-state index contributed by atoms with van der Waals surface area (Å²) in [6, 6.07) is 15.8. The number of carbonyl (C=O) groups excluding carboxylic acids is 1. The molecule has 5 nitrogen and oxygen atoms in total. The highest BCUT2D eigenvalue weighted by molar-refractivity contribution is 9.10. The van der Waals surface area contributed by atoms with E-state index in [1.165, 1.54) is 12.7 Å². The number of ether oxygens (including phenoxy) is 2. The third kappa shape index (κ3) is 4.09. The van der Waals surface area contributed by atoms with E-state index in [1.807, 2.05) is 43.3 Å². The zero-order valence-electron chi connectivity index (χ0n) is 16.7. The van der Waals surface area contributed by atoms with E-state index in [4.69, 9.17) is 14.6 Å². The molecule has 152 valence electrons. The third-order valence-corrected chi connectivity index (χ3v) is 6.38. The summed E-state index contributed by atoms with van der Waals surface area (Å²) >= 11 is 3.69. The average Bonchev–Trinajstić information content (AvgIpc) is 3.37. The first-order valence-corrected chi connectivity index (χ1v) is 10.8. The average molecular weight is 457 g/mol. The van der Waals surface area contributed by atoms with Gasteiger partial charge in [0.15, 0.2) is 0 Å². The van der Waals surface area contributed by atoms with Gasteiger partial charge in [0.2, 0.25) is 0 Å². The Kier molecular flexibility index (Phi) is 6.01. The van der Waals surface area contributed by atoms with E-state index >= 15 is 0 Å². The Morgan fingerprint density at radius 2 is 2.00 bits per heavy atom. The highest BCUT2D eigenvalue weighted by Gasteiger charge is 2.32. The number of rotatable bonds is 6. The van der Waals surface area contributed by atoms with Crippen molar-refractivity contribution in [3.63, 3.8) is 0 Å². The Labute approximate surface area is 179 Å². The predicted molar refractivity (Wildman–Crippen MR) is 116 cm³/mol. The lowest BCUT2D eigenvalue weighted by atomic mass is 10.0. The summed E-state index contributed by atoms with van der Waals surface area (Å²) in [5.41, 5.74) is 3.18. The summed E-state index contributed by atoms with van der Waals surface area (Å²) in [6.07, 6.45) is 3.20. The summed E-state index contributed by atoms with van der Waals surface area (Å²) in [6.45, 7) is 2.46. The zero-order chi connectivity index (χ0) is 20.4. The molecule has 0 amide bonds. The summed E-state index contributed by atoms with van der Waals surface area (Å²) in [4.78, 5) is 12.1. The number of fused-ring (bicyclic) bond motifs is 1. The van der Waals surface area contributed by atoms with Crippen molar-refractivity contribution in [1.29, 1.82) is 0 Å². The van der Waals surface area contributed by atoms with Gasteiger partial charge in [0.25, 0.3) is 0 Å². The maximum atomic E-state index is 12.1. The van der Waals surface area contributed by atoms with E-state index in [9.17, 15) is 4.79 Å². The van der Waals surface area contributed by atoms with Crippen molar-refractivity contribution < 1.29 is 14.3 Å². The molecule has 0 aliphatic heterocycles. The molecule has 1 saturated carbocycles. The Bertz CT molecular complexity index is 1000. The number of benzene rings is 2. The number of methoxy groups -OCH3 is 1. The summed E-state index contributed by atoms with van der Waals surface area (Å²) in [5, 5.41) is 5.96. The molecule has 1 aliphatic carbocycles. The van der Waals surface area contributed by atoms with Crippen LogP contribution in [0.25, 0.3) is 10.9 Å². The molecule has 2 aromatic carbocycles. The maximum absolute atomic E-state index is 12.1. The van der Waals surface area contributed by atoms with E-state index in [0.717, 1.165) is 40.3 Å². The van der Waals surface area contributed by atoms with Gasteiger partial charge in [0.05, 0.1) is 31.0 Å². The number of esters is 1. The van der Waals surface area contributed by atoms with Crippen LogP contribution in [0, 0.1) is 0 Å². The van der Waals surface area contributed by atoms with Crippen molar-refractivity contribution in [2.75, 3.05) is 7.11 Å². The van der Waals surface area contributed by atoms with Gasteiger partial charge in [0.1, 0.15) is 6.04 Å². The highest BCUT2D eigenvalue weighted by atomic mass is 79.9. The minimum Gasteiger partial charge on any atom is -0.467 e. The van der Waals surface area contributed by atoms with Crippen molar-refractivity contribution in [3.8, 4) is 0 Å². The van der Waals surface area contributed by atoms with Crippen LogP contribution in [0.2, 0.25) is 0 Å². The van der Waals surface area contributed by atoms with Gasteiger partial charge in [-0.3, -0.25) is 4.68 Å². The largest absolute Gasteiger partial charge is 0.467 e. The summed E-state index contributed by atoms with van der Waals surface area (Å²) in [7, 11) is 1.41. The molecule has 1 aliphatic rings. The standard InChI is InChI=1S/C23H25BrN2O3/c1-15(23(27)28-2)26-20-10-6-9-19(24)21(20)22(25-26)17-11-12-18(13-17)29-14-16-7-4-3-5-8-16/h3-10,15,17-18H,11-14H2,1-2H3/t15?,17-,18?/m1/s1. The van der Waals surface area contributed by atoms with E-state index in [-0.39, 0.29) is 12.1 Å². The highest BCUT2D eigenvalue weighted by Crippen LogP contribution is 2.41. The maximum Gasteiger partial charge on any atom is 0.330 e. The fourth-order valence-corrected chi connectivity index (χ4v) is 4.72. The molecule has 0 N–H and O–H groups in total. The fraction of sp³-hybridized carbons (Fsp3) is 0.391. The van der Waals surface area contributed by atoms with Crippen LogP contribution in [0.1, 0.15) is 49.4 Å². The molecule has 1 fully saturated rings. The lowest BCUT2D eigenvalue weighted by Gasteiger charge is -2.13. The second-order valence-corrected chi connectivity index (χ2v) is 8.45. The Hall–Kier alpha value is -2.18. The molecule has 6 heteroatoms. The molecule has 3 atom stereocenters. The van der Waals surface area contributed by atoms with Gasteiger partial charge in [-0.15, -0.1) is 0 Å². The molecule has 1 aromatic heterocycles. The van der Waals surface area contributed by atoms with Crippen LogP contribution in [-0.2, 0) is 20.9 Å². The fourth-order valence-electron chi connectivity index (χ4n) is 4.16. The number of aromatic nitrogens is 2. The van der Waals surface area contributed by atoms with Crippen LogP contribution in [0.5, 0.6) is 0 Å². The van der Waals surface area contributed by atoms with Gasteiger partial charge in [-0.25, -0.2) is 4.79 Å². The summed E-state index contributed by atoms with van der Waals surface area (Å²) in [5.74, 6) is 0.0134. The molecule has 0 bridgehead atoms. The Balaban J connectivity index is 1.57. The van der Waals surface area contributed by atoms with Crippen molar-refractivity contribution in [2.24, 2.45) is 0 Å². The lowest BCUT2D eigenvalue weighted by Crippen LogP contribution is -2.19. The monoisotopic (exact) mass is 456 g/mol. The van der Waals surface area contributed by atoms with Crippen molar-refractivity contribution in [1.82, 2.24) is 9.78 Å². The van der Waals surface area contributed by atoms with Crippen LogP contribution in [-0.4, -0.2) is 29.0 Å². The molecule has 3 aromatic rings. The molecular weight excluding hydrogens is 432 g/mol. The normalized spacial score (nSPS) is 20.1. The first-order valence-electron chi connectivity index (χ1n) is 9.98. The van der Waals surface area contributed by atoms with Crippen LogP contribution < -0.4 is 0 Å². The van der Waals surface area contributed by atoms with E-state index < -0.39 is 6.04 Å². The van der Waals surface area contributed by atoms with Crippen LogP contribution >= 0.6 is 15.9 Å². The second kappa shape index (κ2) is 8.67. The van der Waals surface area contributed by atoms with E-state index in [0.29, 0.717) is 12.5 Å². The van der Waals surface area contributed by atoms with Gasteiger partial charge < -0.3 is 9.47 Å². The zero-order valence-corrected chi connectivity index (χ0v) is 18.3. The number of carbonyl (C=O) groups is 1. The molecule has 0 spiro atoms. The second-order valence-electron chi connectivity index (χ2n) is 7.59. The Morgan fingerprint density at radius 1 is 1.21 bits per heavy atom. The molecule has 4 rings (SSSR count). The number of hydrogen-bond donors (Lipinski definition) is 0. The Morgan fingerprint density at radius 3 is 2.76 bits per heavy atom. The van der Waals surface area contributed by atoms with Crippen molar-refractivity contribution in [2.45, 2.75) is 50.9 Å². The molecular formula is C23H25BrN2O3. The number of hydrogen-bond acceptors (Lipinski definition) is 4. The SMILES string of the molecule is COC(=O)C(C)n1nc([C@@H]2CCC(OCc3ccccc3)C2)c2c(Br)cccc21. The summed E-state index contributed by atoms with van der Waals surface area (Å²) < 4.78 is 13.9. The molecule has 29 heavy (non-hydrogen) atoms. The minimum atomic E-state index is -0.475. The van der Waals surface area contributed by atoms with Crippen LogP contribution in [0.15, 0.2) is 53.0 Å². The van der Waals surface area contributed by atoms with Crippen LogP contribution in [0.4, 0.5) is 0 Å². The van der Waals surface area contributed by atoms with Crippen LogP contribution in [0.3, 0.4) is 0 Å². The smallest absolute Gasteiger partial charge is 0.330 e. The van der Waals surface area contributed by atoms with Gasteiger partial charge in [-0.2, -0.15) is 5.10 Å². The lowest BCUT2D eigenvalue weighted by molar-refractivity contribution is -0.144. The first-order chi connectivity index (χ1) is 14.1. The van der Waals surface area contributed by atoms with Gasteiger partial charge in [0, 0.05) is 15.8 Å². The first kappa shape index (κ1) is 20.1. The third-order valence-electron chi connectivity index (χ3n) is 5.72. The minimum absolute atomic E-state index is 0.223. The topological polar surface area (TPSA) is 53.4 Å². The van der Waals surface area contributed by atoms with E-state index in [1.54, 1.807) is 4.68 Å². The van der Waals surface area contributed by atoms with E-state index in [2.05, 4.69) is 28.1 Å². The van der Waals surface area contributed by atoms with Crippen molar-refractivity contribution in [3.05, 3.63) is 64.3 Å². The molecule has 0 saturated heterocycles. The number of nitrogens with zero attached hydrogens (tertiary/aromatic N) is 2. The number of halogens is 1. The van der Waals surface area contributed by atoms with Gasteiger partial charge >= 0.3 is 5.97 Å². The van der Waals surface area contributed by atoms with Gasteiger partial charge in [-0.05, 0) is 43.9 Å². The van der Waals surface area contributed by atoms with Gasteiger partial charge in [-0.1, -0.05) is 52.3 Å². The molecule has 1 heterocycles. The quantitative estimate of drug-likeness (QED) is 0.466. The predicted octanol–water partition coefficient (Wildman–Crippen LogP) is 5.39. The molecule has 0 radical (unpaired) electrons. The van der Waals surface area contributed by atoms with Crippen molar-refractivity contribution >= 4 is 32.8 Å².